The van der Waals surface area contributed by atoms with Crippen LogP contribution in [0.2, 0.25) is 0 Å². The number of benzene rings is 2. The second kappa shape index (κ2) is 8.26. The van der Waals surface area contributed by atoms with E-state index >= 15 is 0 Å². The maximum absolute atomic E-state index is 13.4. The molecule has 8 nitrogen and oxygen atoms in total. The van der Waals surface area contributed by atoms with Crippen molar-refractivity contribution in [2.75, 3.05) is 32.4 Å². The smallest absolute Gasteiger partial charge is 0.338 e. The predicted molar refractivity (Wildman–Crippen MR) is 118 cm³/mol. The summed E-state index contributed by atoms with van der Waals surface area (Å²) in [6.07, 6.45) is 1.18. The molecule has 0 unspecified atom stereocenters. The number of rotatable bonds is 5. The summed E-state index contributed by atoms with van der Waals surface area (Å²) in [5.41, 5.74) is 0.780. The highest BCUT2D eigenvalue weighted by Crippen LogP contribution is 2.24. The van der Waals surface area contributed by atoms with E-state index in [0.29, 0.717) is 48.3 Å². The van der Waals surface area contributed by atoms with Gasteiger partial charge in [-0.2, -0.15) is 4.31 Å². The van der Waals surface area contributed by atoms with E-state index < -0.39 is 16.0 Å². The van der Waals surface area contributed by atoms with E-state index in [-0.39, 0.29) is 17.7 Å². The summed E-state index contributed by atoms with van der Waals surface area (Å²) in [5.74, 6) is -1.11. The number of fused-ring (bicyclic) bond motifs is 1. The number of carbonyl (C=O) groups is 1. The Morgan fingerprint density at radius 3 is 2.10 bits per heavy atom. The number of para-hydroxylation sites is 1. The predicted octanol–water partition coefficient (Wildman–Crippen LogP) is 1.77. The fourth-order valence-corrected chi connectivity index (χ4v) is 4.89. The topological polar surface area (TPSA) is 99.9 Å². The molecular formula is C22H23N3O5S. The number of hydrogen-bond acceptors (Lipinski definition) is 5. The molecule has 31 heavy (non-hydrogen) atoms. The zero-order valence-corrected chi connectivity index (χ0v) is 17.9. The number of carboxylic acids is 1. The standard InChI is InChI=1S/C22H23N3O5S/c1-31(29,30)24-13-11-23(12-14-24)15-19-20(22(27)28)17-9-5-6-10-18(17)21(26)25(19)16-7-3-2-4-8-16/h2-10H,11-15H2,1H3,(H,27,28). The Hall–Kier alpha value is -3.01. The SMILES string of the molecule is CS(=O)(=O)N1CCN(Cc2c(C(=O)O)c3ccccc3c(=O)n2-c2ccccc2)CC1. The second-order valence-electron chi connectivity index (χ2n) is 7.59. The van der Waals surface area contributed by atoms with Gasteiger partial charge in [0.25, 0.3) is 5.56 Å². The maximum Gasteiger partial charge on any atom is 0.338 e. The Morgan fingerprint density at radius 2 is 1.52 bits per heavy atom. The van der Waals surface area contributed by atoms with Crippen LogP contribution in [0.3, 0.4) is 0 Å². The molecule has 9 heteroatoms. The summed E-state index contributed by atoms with van der Waals surface area (Å²) in [7, 11) is -3.27. The molecule has 0 saturated carbocycles. The number of aromatic carboxylic acids is 1. The van der Waals surface area contributed by atoms with Gasteiger partial charge in [-0.1, -0.05) is 36.4 Å². The van der Waals surface area contributed by atoms with E-state index in [1.807, 2.05) is 11.0 Å². The first-order valence-corrected chi connectivity index (χ1v) is 11.7. The fourth-order valence-electron chi connectivity index (χ4n) is 4.07. The fraction of sp³-hybridized carbons (Fsp3) is 0.273. The van der Waals surface area contributed by atoms with Crippen LogP contribution in [0.1, 0.15) is 16.1 Å². The summed E-state index contributed by atoms with van der Waals surface area (Å²) in [5, 5.41) is 10.8. The molecule has 0 atom stereocenters. The Balaban J connectivity index is 1.86. The lowest BCUT2D eigenvalue weighted by molar-refractivity contribution is 0.0695. The molecule has 0 spiro atoms. The molecule has 162 valence electrons. The van der Waals surface area contributed by atoms with Gasteiger partial charge in [0, 0.05) is 49.2 Å². The van der Waals surface area contributed by atoms with Gasteiger partial charge in [-0.15, -0.1) is 0 Å². The third kappa shape index (κ3) is 4.12. The molecule has 2 aromatic carbocycles. The van der Waals surface area contributed by atoms with Crippen LogP contribution in [0.5, 0.6) is 0 Å². The van der Waals surface area contributed by atoms with Gasteiger partial charge < -0.3 is 5.11 Å². The van der Waals surface area contributed by atoms with Crippen LogP contribution in [0.25, 0.3) is 16.5 Å². The van der Waals surface area contributed by atoms with E-state index in [4.69, 9.17) is 0 Å². The van der Waals surface area contributed by atoms with Crippen LogP contribution < -0.4 is 5.56 Å². The second-order valence-corrected chi connectivity index (χ2v) is 9.57. The molecule has 3 aromatic rings. The Bertz CT molecular complexity index is 1290. The summed E-state index contributed by atoms with van der Waals surface area (Å²) >= 11 is 0. The van der Waals surface area contributed by atoms with Gasteiger partial charge in [0.1, 0.15) is 0 Å². The van der Waals surface area contributed by atoms with Crippen LogP contribution in [-0.4, -0.2) is 65.7 Å². The van der Waals surface area contributed by atoms with Crippen LogP contribution in [0.15, 0.2) is 59.4 Å². The van der Waals surface area contributed by atoms with Gasteiger partial charge in [0.15, 0.2) is 0 Å². The minimum absolute atomic E-state index is 0.0876. The summed E-state index contributed by atoms with van der Waals surface area (Å²) in [4.78, 5) is 27.7. The number of hydrogen-bond donors (Lipinski definition) is 1. The van der Waals surface area contributed by atoms with Crippen molar-refractivity contribution in [1.82, 2.24) is 13.8 Å². The van der Waals surface area contributed by atoms with Crippen LogP contribution in [0.4, 0.5) is 0 Å². The molecule has 1 aliphatic rings. The van der Waals surface area contributed by atoms with Crippen molar-refractivity contribution in [2.45, 2.75) is 6.54 Å². The maximum atomic E-state index is 13.4. The first kappa shape index (κ1) is 21.2. The normalized spacial score (nSPS) is 15.9. The monoisotopic (exact) mass is 441 g/mol. The van der Waals surface area contributed by atoms with Crippen molar-refractivity contribution in [2.24, 2.45) is 0 Å². The number of nitrogens with zero attached hydrogens (tertiary/aromatic N) is 3. The van der Waals surface area contributed by atoms with E-state index in [0.717, 1.165) is 0 Å². The van der Waals surface area contributed by atoms with E-state index in [1.165, 1.54) is 15.1 Å². The first-order chi connectivity index (χ1) is 14.8. The van der Waals surface area contributed by atoms with Crippen LogP contribution in [0, 0.1) is 0 Å². The highest BCUT2D eigenvalue weighted by Gasteiger charge is 2.27. The van der Waals surface area contributed by atoms with E-state index in [9.17, 15) is 23.1 Å². The molecule has 1 saturated heterocycles. The number of sulfonamides is 1. The average Bonchev–Trinajstić information content (AvgIpc) is 2.74. The lowest BCUT2D eigenvalue weighted by Gasteiger charge is -2.34. The molecule has 1 N–H and O–H groups in total. The first-order valence-electron chi connectivity index (χ1n) is 9.90. The summed E-state index contributed by atoms with van der Waals surface area (Å²) in [6, 6.07) is 15.7. The third-order valence-corrected chi connectivity index (χ3v) is 6.89. The van der Waals surface area contributed by atoms with Gasteiger partial charge in [-0.25, -0.2) is 13.2 Å². The number of aromatic nitrogens is 1. The van der Waals surface area contributed by atoms with E-state index in [1.54, 1.807) is 48.5 Å². The molecule has 4 rings (SSSR count). The molecule has 0 bridgehead atoms. The van der Waals surface area contributed by atoms with Crippen molar-refractivity contribution < 1.29 is 18.3 Å². The summed E-state index contributed by atoms with van der Waals surface area (Å²) in [6.45, 7) is 1.76. The molecule has 2 heterocycles. The number of piperazine rings is 1. The zero-order valence-electron chi connectivity index (χ0n) is 17.1. The molecule has 0 aliphatic carbocycles. The highest BCUT2D eigenvalue weighted by molar-refractivity contribution is 7.88. The van der Waals surface area contributed by atoms with Crippen LogP contribution in [-0.2, 0) is 16.6 Å². The average molecular weight is 442 g/mol. The molecule has 0 radical (unpaired) electrons. The van der Waals surface area contributed by atoms with Gasteiger partial charge >= 0.3 is 5.97 Å². The molecule has 0 amide bonds. The van der Waals surface area contributed by atoms with Crippen molar-refractivity contribution >= 4 is 26.8 Å². The third-order valence-electron chi connectivity index (χ3n) is 5.59. The van der Waals surface area contributed by atoms with Crippen molar-refractivity contribution in [1.29, 1.82) is 0 Å². The summed E-state index contributed by atoms with van der Waals surface area (Å²) < 4.78 is 26.5. The minimum Gasteiger partial charge on any atom is -0.478 e. The lowest BCUT2D eigenvalue weighted by atomic mass is 10.0. The molecule has 1 aliphatic heterocycles. The highest BCUT2D eigenvalue weighted by atomic mass is 32.2. The van der Waals surface area contributed by atoms with Gasteiger partial charge in [-0.3, -0.25) is 14.3 Å². The minimum atomic E-state index is -3.27. The quantitative estimate of drug-likeness (QED) is 0.648. The molecular weight excluding hydrogens is 418 g/mol. The lowest BCUT2D eigenvalue weighted by Crippen LogP contribution is -2.48. The molecule has 1 aromatic heterocycles. The van der Waals surface area contributed by atoms with Gasteiger partial charge in [-0.05, 0) is 18.2 Å². The van der Waals surface area contributed by atoms with E-state index in [2.05, 4.69) is 0 Å². The zero-order chi connectivity index (χ0) is 22.2. The van der Waals surface area contributed by atoms with Crippen LogP contribution >= 0.6 is 0 Å². The molecule has 1 fully saturated rings. The Kier molecular flexibility index (Phi) is 5.65. The Labute approximate surface area is 180 Å². The van der Waals surface area contributed by atoms with Gasteiger partial charge in [0.2, 0.25) is 10.0 Å². The van der Waals surface area contributed by atoms with Crippen molar-refractivity contribution in [3.8, 4) is 5.69 Å². The largest absolute Gasteiger partial charge is 0.478 e. The van der Waals surface area contributed by atoms with Gasteiger partial charge in [0.05, 0.1) is 17.5 Å². The number of pyridine rings is 1. The van der Waals surface area contributed by atoms with Crippen molar-refractivity contribution in [3.63, 3.8) is 0 Å². The number of carboxylic acid groups (broad SMARTS) is 1. The van der Waals surface area contributed by atoms with Crippen molar-refractivity contribution in [3.05, 3.63) is 76.2 Å². The Morgan fingerprint density at radius 1 is 0.935 bits per heavy atom.